The van der Waals surface area contributed by atoms with Crippen LogP contribution in [0.1, 0.15) is 11.3 Å². The first-order valence-electron chi connectivity index (χ1n) is 9.59. The van der Waals surface area contributed by atoms with E-state index in [1.54, 1.807) is 55.8 Å². The average Bonchev–Trinajstić information content (AvgIpc) is 3.24. The molecule has 0 aliphatic carbocycles. The van der Waals surface area contributed by atoms with Crippen LogP contribution >= 0.6 is 23.2 Å². The van der Waals surface area contributed by atoms with Crippen molar-refractivity contribution in [1.29, 1.82) is 0 Å². The molecule has 0 radical (unpaired) electrons. The number of rotatable bonds is 6. The van der Waals surface area contributed by atoms with Crippen LogP contribution in [0.15, 0.2) is 55.0 Å². The smallest absolute Gasteiger partial charge is 0.132 e. The molecule has 2 heterocycles. The number of phenols is 1. The van der Waals surface area contributed by atoms with Crippen LogP contribution in [0, 0.1) is 12.7 Å². The third-order valence-electron chi connectivity index (χ3n) is 4.89. The van der Waals surface area contributed by atoms with E-state index < -0.39 is 5.82 Å². The molecule has 0 spiro atoms. The van der Waals surface area contributed by atoms with Gasteiger partial charge in [-0.05, 0) is 54.4 Å². The Morgan fingerprint density at radius 2 is 1.97 bits per heavy atom. The van der Waals surface area contributed by atoms with E-state index in [0.717, 1.165) is 11.3 Å². The minimum absolute atomic E-state index is 0.0367. The van der Waals surface area contributed by atoms with Crippen molar-refractivity contribution in [2.24, 2.45) is 0 Å². The van der Waals surface area contributed by atoms with Gasteiger partial charge in [0.15, 0.2) is 0 Å². The molecule has 5 nitrogen and oxygen atoms in total. The Hall–Kier alpha value is -3.09. The molecule has 4 aromatic rings. The maximum atomic E-state index is 14.6. The molecule has 0 bridgehead atoms. The van der Waals surface area contributed by atoms with Gasteiger partial charge >= 0.3 is 0 Å². The lowest BCUT2D eigenvalue weighted by Crippen LogP contribution is -2.07. The van der Waals surface area contributed by atoms with Crippen molar-refractivity contribution in [2.75, 3.05) is 11.9 Å². The molecule has 0 amide bonds. The topological polar surface area (TPSA) is 73.8 Å². The van der Waals surface area contributed by atoms with Crippen LogP contribution in [0.25, 0.3) is 22.4 Å². The Morgan fingerprint density at radius 1 is 1.13 bits per heavy atom. The van der Waals surface area contributed by atoms with E-state index in [-0.39, 0.29) is 16.3 Å². The van der Waals surface area contributed by atoms with Gasteiger partial charge < -0.3 is 15.4 Å². The summed E-state index contributed by atoms with van der Waals surface area (Å²) >= 11 is 12.6. The molecule has 2 aromatic heterocycles. The molecule has 4 rings (SSSR count). The summed E-state index contributed by atoms with van der Waals surface area (Å²) in [5.41, 5.74) is 3.41. The number of nitrogens with one attached hydrogen (secondary N) is 2. The van der Waals surface area contributed by atoms with Crippen molar-refractivity contribution in [1.82, 2.24) is 15.0 Å². The molecule has 8 heteroatoms. The Kier molecular flexibility index (Phi) is 6.11. The molecule has 0 atom stereocenters. The van der Waals surface area contributed by atoms with Gasteiger partial charge in [0.2, 0.25) is 0 Å². The van der Waals surface area contributed by atoms with Gasteiger partial charge in [0.25, 0.3) is 0 Å². The standard InChI is InChI=1S/C23H19Cl2FN4O/c1-13-7-21(31)16(10-18(13)25)20-8-14(23-17(24)3-2-4-19(23)26)9-22(30-20)28-6-5-15-11-27-12-29-15/h2-4,7-12,31H,5-6H2,1H3,(H,27,29)(H,28,30). The fourth-order valence-corrected chi connectivity index (χ4v) is 3.73. The van der Waals surface area contributed by atoms with Crippen LogP contribution in [-0.2, 0) is 6.42 Å². The quantitative estimate of drug-likeness (QED) is 0.320. The third-order valence-corrected chi connectivity index (χ3v) is 5.61. The van der Waals surface area contributed by atoms with E-state index in [0.29, 0.717) is 40.6 Å². The number of imidazole rings is 1. The first kappa shape index (κ1) is 21.2. The molecule has 0 fully saturated rings. The van der Waals surface area contributed by atoms with Gasteiger partial charge in [-0.1, -0.05) is 29.3 Å². The number of nitrogens with zero attached hydrogens (tertiary/aromatic N) is 2. The lowest BCUT2D eigenvalue weighted by atomic mass is 10.0. The number of benzene rings is 2. The van der Waals surface area contributed by atoms with Crippen molar-refractivity contribution < 1.29 is 9.50 Å². The highest BCUT2D eigenvalue weighted by molar-refractivity contribution is 6.33. The predicted molar refractivity (Wildman–Crippen MR) is 122 cm³/mol. The van der Waals surface area contributed by atoms with Crippen molar-refractivity contribution in [2.45, 2.75) is 13.3 Å². The first-order valence-corrected chi connectivity index (χ1v) is 10.3. The van der Waals surface area contributed by atoms with Crippen LogP contribution in [-0.4, -0.2) is 26.6 Å². The summed E-state index contributed by atoms with van der Waals surface area (Å²) in [6.45, 7) is 2.38. The van der Waals surface area contributed by atoms with Gasteiger partial charge in [-0.3, -0.25) is 0 Å². The molecule has 158 valence electrons. The SMILES string of the molecule is Cc1cc(O)c(-c2cc(-c3c(F)cccc3Cl)cc(NCCc3cnc[nH]3)n2)cc1Cl. The number of hydrogen-bond acceptors (Lipinski definition) is 4. The van der Waals surface area contributed by atoms with Crippen LogP contribution in [0.3, 0.4) is 0 Å². The lowest BCUT2D eigenvalue weighted by Gasteiger charge is -2.14. The van der Waals surface area contributed by atoms with Crippen LogP contribution in [0.5, 0.6) is 5.75 Å². The fraction of sp³-hybridized carbons (Fsp3) is 0.130. The van der Waals surface area contributed by atoms with Gasteiger partial charge in [0, 0.05) is 41.0 Å². The van der Waals surface area contributed by atoms with Crippen LogP contribution in [0.4, 0.5) is 10.2 Å². The second-order valence-electron chi connectivity index (χ2n) is 7.10. The van der Waals surface area contributed by atoms with E-state index >= 15 is 0 Å². The van der Waals surface area contributed by atoms with Gasteiger partial charge in [0.1, 0.15) is 17.4 Å². The van der Waals surface area contributed by atoms with Gasteiger partial charge in [-0.25, -0.2) is 14.4 Å². The molecular weight excluding hydrogens is 438 g/mol. The summed E-state index contributed by atoms with van der Waals surface area (Å²) in [6, 6.07) is 11.2. The number of H-pyrrole nitrogens is 1. The molecule has 0 saturated carbocycles. The molecule has 0 saturated heterocycles. The van der Waals surface area contributed by atoms with E-state index in [2.05, 4.69) is 20.3 Å². The molecule has 0 unspecified atom stereocenters. The minimum Gasteiger partial charge on any atom is -0.507 e. The predicted octanol–water partition coefficient (Wildman–Crippen LogP) is 6.25. The van der Waals surface area contributed by atoms with Crippen LogP contribution in [0.2, 0.25) is 10.0 Å². The van der Waals surface area contributed by atoms with Gasteiger partial charge in [0.05, 0.1) is 17.0 Å². The zero-order chi connectivity index (χ0) is 22.0. The molecule has 31 heavy (non-hydrogen) atoms. The van der Waals surface area contributed by atoms with Crippen molar-refractivity contribution >= 4 is 29.0 Å². The number of halogens is 3. The largest absolute Gasteiger partial charge is 0.507 e. The third kappa shape index (κ3) is 4.65. The molecule has 3 N–H and O–H groups in total. The van der Waals surface area contributed by atoms with Gasteiger partial charge in [-0.2, -0.15) is 0 Å². The Balaban J connectivity index is 1.78. The number of aromatic nitrogens is 3. The maximum Gasteiger partial charge on any atom is 0.132 e. The van der Waals surface area contributed by atoms with Crippen LogP contribution < -0.4 is 5.32 Å². The molecule has 0 aliphatic rings. The van der Waals surface area contributed by atoms with E-state index in [1.807, 2.05) is 0 Å². The number of hydrogen-bond donors (Lipinski definition) is 3. The average molecular weight is 457 g/mol. The first-order chi connectivity index (χ1) is 14.9. The lowest BCUT2D eigenvalue weighted by molar-refractivity contribution is 0.476. The van der Waals surface area contributed by atoms with Crippen molar-refractivity contribution in [3.8, 4) is 28.1 Å². The summed E-state index contributed by atoms with van der Waals surface area (Å²) in [7, 11) is 0. The molecule has 2 aromatic carbocycles. The number of anilines is 1. The summed E-state index contributed by atoms with van der Waals surface area (Å²) in [5.74, 6) is 0.108. The van der Waals surface area contributed by atoms with Crippen molar-refractivity contribution in [3.63, 3.8) is 0 Å². The molecule has 0 aliphatic heterocycles. The minimum atomic E-state index is -0.445. The Labute approximate surface area is 188 Å². The highest BCUT2D eigenvalue weighted by Gasteiger charge is 2.16. The number of aromatic amines is 1. The summed E-state index contributed by atoms with van der Waals surface area (Å²) in [4.78, 5) is 11.7. The van der Waals surface area contributed by atoms with E-state index in [4.69, 9.17) is 23.2 Å². The summed E-state index contributed by atoms with van der Waals surface area (Å²) in [6.07, 6.45) is 4.07. The Morgan fingerprint density at radius 3 is 2.71 bits per heavy atom. The van der Waals surface area contributed by atoms with Crippen molar-refractivity contribution in [3.05, 3.63) is 82.1 Å². The summed E-state index contributed by atoms with van der Waals surface area (Å²) in [5, 5.41) is 14.5. The van der Waals surface area contributed by atoms with Gasteiger partial charge in [-0.15, -0.1) is 0 Å². The number of aromatic hydroxyl groups is 1. The highest BCUT2D eigenvalue weighted by atomic mass is 35.5. The normalized spacial score (nSPS) is 11.0. The van der Waals surface area contributed by atoms with E-state index in [1.165, 1.54) is 6.07 Å². The zero-order valence-corrected chi connectivity index (χ0v) is 18.1. The highest BCUT2D eigenvalue weighted by Crippen LogP contribution is 2.38. The second kappa shape index (κ2) is 8.96. The Bertz CT molecular complexity index is 1210. The maximum absolute atomic E-state index is 14.6. The second-order valence-corrected chi connectivity index (χ2v) is 7.91. The fourth-order valence-electron chi connectivity index (χ4n) is 3.30. The number of aryl methyl sites for hydroxylation is 1. The zero-order valence-electron chi connectivity index (χ0n) is 16.6. The van der Waals surface area contributed by atoms with E-state index in [9.17, 15) is 9.50 Å². The number of pyridine rings is 1. The number of phenolic OH excluding ortho intramolecular Hbond substituents is 1. The summed E-state index contributed by atoms with van der Waals surface area (Å²) < 4.78 is 14.6. The monoisotopic (exact) mass is 456 g/mol. The molecular formula is C23H19Cl2FN4O.